The molecule has 0 aliphatic carbocycles. The van der Waals surface area contributed by atoms with Gasteiger partial charge in [0.1, 0.15) is 5.69 Å². The molecular formula is C17H23N5O2. The molecule has 0 atom stereocenters. The largest absolute Gasteiger partial charge is 0.383 e. The molecule has 2 heterocycles. The third-order valence-corrected chi connectivity index (χ3v) is 3.91. The quantitative estimate of drug-likeness (QED) is 0.665. The number of methoxy groups -OCH3 is 1. The summed E-state index contributed by atoms with van der Waals surface area (Å²) in [6, 6.07) is 3.63. The van der Waals surface area contributed by atoms with Crippen LogP contribution in [0.15, 0.2) is 28.6 Å². The predicted octanol–water partition coefficient (Wildman–Crippen LogP) is 1.86. The zero-order chi connectivity index (χ0) is 17.4. The van der Waals surface area contributed by atoms with Crippen LogP contribution in [0.3, 0.4) is 0 Å². The molecule has 1 aliphatic heterocycles. The number of nitrogens with one attached hydrogen (secondary N) is 1. The van der Waals surface area contributed by atoms with Gasteiger partial charge in [-0.3, -0.25) is 9.78 Å². The van der Waals surface area contributed by atoms with Crippen LogP contribution in [-0.4, -0.2) is 50.4 Å². The monoisotopic (exact) mass is 329 g/mol. The summed E-state index contributed by atoms with van der Waals surface area (Å²) in [5.74, 6) is 2.39. The number of carbonyl (C=O) groups excluding carboxylic acids is 1. The van der Waals surface area contributed by atoms with E-state index in [0.29, 0.717) is 31.7 Å². The average Bonchev–Trinajstić information content (AvgIpc) is 3.38. The first-order chi connectivity index (χ1) is 11.6. The van der Waals surface area contributed by atoms with Crippen LogP contribution < -0.4 is 10.2 Å². The minimum atomic E-state index is -0.380. The zero-order valence-electron chi connectivity index (χ0n) is 14.2. The van der Waals surface area contributed by atoms with Gasteiger partial charge in [-0.15, -0.1) is 12.3 Å². The molecule has 0 spiro atoms. The van der Waals surface area contributed by atoms with Crippen molar-refractivity contribution in [2.24, 2.45) is 10.2 Å². The van der Waals surface area contributed by atoms with E-state index in [2.05, 4.69) is 26.4 Å². The van der Waals surface area contributed by atoms with Crippen molar-refractivity contribution in [2.75, 3.05) is 38.8 Å². The van der Waals surface area contributed by atoms with E-state index >= 15 is 0 Å². The van der Waals surface area contributed by atoms with Gasteiger partial charge < -0.3 is 15.0 Å². The van der Waals surface area contributed by atoms with Crippen molar-refractivity contribution in [3.05, 3.63) is 24.0 Å². The molecule has 0 fully saturated rings. The van der Waals surface area contributed by atoms with Crippen molar-refractivity contribution in [2.45, 2.75) is 24.9 Å². The summed E-state index contributed by atoms with van der Waals surface area (Å²) in [6.07, 6.45) is 8.93. The molecule has 1 amide bonds. The van der Waals surface area contributed by atoms with E-state index in [4.69, 9.17) is 11.2 Å². The van der Waals surface area contributed by atoms with Crippen molar-refractivity contribution in [1.82, 2.24) is 10.3 Å². The topological polar surface area (TPSA) is 79.2 Å². The van der Waals surface area contributed by atoms with Crippen LogP contribution in [0.2, 0.25) is 0 Å². The second-order valence-corrected chi connectivity index (χ2v) is 5.71. The van der Waals surface area contributed by atoms with Crippen LogP contribution in [-0.2, 0) is 4.74 Å². The molecule has 1 aromatic rings. The molecule has 0 unspecified atom stereocenters. The number of amides is 1. The fourth-order valence-corrected chi connectivity index (χ4v) is 2.27. The molecule has 0 saturated heterocycles. The van der Waals surface area contributed by atoms with E-state index < -0.39 is 0 Å². The minimum absolute atomic E-state index is 0.204. The molecule has 0 radical (unpaired) electrons. The number of pyridine rings is 1. The molecule has 2 rings (SSSR count). The Hall–Kier alpha value is -2.46. The number of nitrogens with zero attached hydrogens (tertiary/aromatic N) is 4. The summed E-state index contributed by atoms with van der Waals surface area (Å²) < 4.78 is 5.06. The minimum Gasteiger partial charge on any atom is -0.383 e. The summed E-state index contributed by atoms with van der Waals surface area (Å²) in [5, 5.41) is 11.0. The van der Waals surface area contributed by atoms with Crippen molar-refractivity contribution >= 4 is 11.6 Å². The highest BCUT2D eigenvalue weighted by Crippen LogP contribution is 2.36. The van der Waals surface area contributed by atoms with E-state index in [1.807, 2.05) is 18.0 Å². The first-order valence-corrected chi connectivity index (χ1v) is 7.92. The maximum atomic E-state index is 12.2. The molecule has 24 heavy (non-hydrogen) atoms. The number of rotatable bonds is 10. The highest BCUT2D eigenvalue weighted by molar-refractivity contribution is 5.93. The van der Waals surface area contributed by atoms with Crippen molar-refractivity contribution in [3.63, 3.8) is 0 Å². The number of aromatic nitrogens is 1. The average molecular weight is 329 g/mol. The van der Waals surface area contributed by atoms with Crippen molar-refractivity contribution in [3.8, 4) is 12.3 Å². The lowest BCUT2D eigenvalue weighted by molar-refractivity contribution is 0.0947. The number of hydrogen-bond donors (Lipinski definition) is 1. The highest BCUT2D eigenvalue weighted by atomic mass is 16.5. The standard InChI is InChI=1S/C17H23N5O2/c1-4-5-7-17(20-21-17)8-10-19-16(23)15-13-14(6-9-18-15)22(2)11-12-24-3/h1,6,9,13H,5,7-8,10-12H2,2-3H3,(H,19,23). The predicted molar refractivity (Wildman–Crippen MR) is 92.0 cm³/mol. The second-order valence-electron chi connectivity index (χ2n) is 5.71. The Kier molecular flexibility index (Phi) is 6.27. The summed E-state index contributed by atoms with van der Waals surface area (Å²) in [5.41, 5.74) is 0.930. The number of hydrogen-bond acceptors (Lipinski definition) is 6. The van der Waals surface area contributed by atoms with Crippen molar-refractivity contribution < 1.29 is 9.53 Å². The van der Waals surface area contributed by atoms with Crippen LogP contribution >= 0.6 is 0 Å². The van der Waals surface area contributed by atoms with E-state index in [1.54, 1.807) is 19.4 Å². The number of likely N-dealkylation sites (N-methyl/N-ethyl adjacent to an activating group) is 1. The van der Waals surface area contributed by atoms with Gasteiger partial charge in [0.15, 0.2) is 5.66 Å². The van der Waals surface area contributed by atoms with Gasteiger partial charge in [-0.25, -0.2) is 0 Å². The molecule has 0 saturated carbocycles. The molecule has 0 aromatic carbocycles. The normalized spacial score (nSPS) is 14.0. The van der Waals surface area contributed by atoms with Crippen molar-refractivity contribution in [1.29, 1.82) is 0 Å². The van der Waals surface area contributed by atoms with E-state index in [9.17, 15) is 4.79 Å². The maximum absolute atomic E-state index is 12.2. The lowest BCUT2D eigenvalue weighted by Gasteiger charge is -2.19. The molecule has 7 nitrogen and oxygen atoms in total. The molecule has 1 aliphatic rings. The fourth-order valence-electron chi connectivity index (χ4n) is 2.27. The van der Waals surface area contributed by atoms with Crippen LogP contribution in [0.25, 0.3) is 0 Å². The number of carbonyl (C=O) groups is 1. The molecule has 1 aromatic heterocycles. The van der Waals surface area contributed by atoms with Crippen LogP contribution in [0.4, 0.5) is 5.69 Å². The van der Waals surface area contributed by atoms with E-state index in [0.717, 1.165) is 18.7 Å². The van der Waals surface area contributed by atoms with Gasteiger partial charge in [0.05, 0.1) is 6.61 Å². The summed E-state index contributed by atoms with van der Waals surface area (Å²) in [7, 11) is 3.61. The van der Waals surface area contributed by atoms with Gasteiger partial charge in [0, 0.05) is 58.4 Å². The van der Waals surface area contributed by atoms with Gasteiger partial charge in [-0.1, -0.05) is 0 Å². The Morgan fingerprint density at radius 1 is 1.46 bits per heavy atom. The first-order valence-electron chi connectivity index (χ1n) is 7.92. The molecule has 128 valence electrons. The first kappa shape index (κ1) is 17.9. The number of terminal acetylenes is 1. The van der Waals surface area contributed by atoms with Crippen LogP contribution in [0, 0.1) is 12.3 Å². The number of anilines is 1. The second kappa shape index (κ2) is 8.41. The van der Waals surface area contributed by atoms with Gasteiger partial charge >= 0.3 is 0 Å². The fraction of sp³-hybridized carbons (Fsp3) is 0.529. The van der Waals surface area contributed by atoms with Gasteiger partial charge in [0.2, 0.25) is 0 Å². The third-order valence-electron chi connectivity index (χ3n) is 3.91. The van der Waals surface area contributed by atoms with Gasteiger partial charge in [-0.05, 0) is 12.1 Å². The van der Waals surface area contributed by atoms with Crippen LogP contribution in [0.1, 0.15) is 29.8 Å². The summed E-state index contributed by atoms with van der Waals surface area (Å²) >= 11 is 0. The third kappa shape index (κ3) is 5.03. The Bertz CT molecular complexity index is 632. The zero-order valence-corrected chi connectivity index (χ0v) is 14.2. The maximum Gasteiger partial charge on any atom is 0.269 e. The van der Waals surface area contributed by atoms with E-state index in [1.165, 1.54) is 0 Å². The molecule has 0 bridgehead atoms. The Balaban J connectivity index is 1.83. The smallest absolute Gasteiger partial charge is 0.269 e. The lowest BCUT2D eigenvalue weighted by Crippen LogP contribution is -2.29. The Labute approximate surface area is 142 Å². The van der Waals surface area contributed by atoms with Gasteiger partial charge in [0.25, 0.3) is 5.91 Å². The SMILES string of the molecule is C#CCCC1(CCNC(=O)c2cc(N(C)CCOC)ccn2)N=N1. The van der Waals surface area contributed by atoms with E-state index in [-0.39, 0.29) is 11.6 Å². The number of ether oxygens (including phenoxy) is 1. The lowest BCUT2D eigenvalue weighted by atomic mass is 10.0. The molecule has 1 N–H and O–H groups in total. The highest BCUT2D eigenvalue weighted by Gasteiger charge is 2.38. The Morgan fingerprint density at radius 3 is 2.92 bits per heavy atom. The summed E-state index contributed by atoms with van der Waals surface area (Å²) in [6.45, 7) is 1.84. The Morgan fingerprint density at radius 2 is 2.25 bits per heavy atom. The van der Waals surface area contributed by atoms with Crippen LogP contribution in [0.5, 0.6) is 0 Å². The summed E-state index contributed by atoms with van der Waals surface area (Å²) in [4.78, 5) is 18.4. The molecule has 7 heteroatoms. The van der Waals surface area contributed by atoms with Gasteiger partial charge in [-0.2, -0.15) is 10.2 Å². The molecular weight excluding hydrogens is 306 g/mol.